The van der Waals surface area contributed by atoms with Gasteiger partial charge in [0.05, 0.1) is 0 Å². The number of hydrogen-bond donors (Lipinski definition) is 0. The summed E-state index contributed by atoms with van der Waals surface area (Å²) in [4.78, 5) is 0. The van der Waals surface area contributed by atoms with E-state index in [4.69, 9.17) is 0 Å². The Morgan fingerprint density at radius 1 is 1.00 bits per heavy atom. The van der Waals surface area contributed by atoms with Gasteiger partial charge in [0, 0.05) is 18.1 Å². The zero-order chi connectivity index (χ0) is 11.6. The molecule has 0 bridgehead atoms. The van der Waals surface area contributed by atoms with Crippen LogP contribution in [0.1, 0.15) is 57.4 Å². The average Bonchev–Trinajstić information content (AvgIpc) is 2.28. The molecule has 0 aliphatic heterocycles. The lowest BCUT2D eigenvalue weighted by Gasteiger charge is -2.00. The van der Waals surface area contributed by atoms with Crippen molar-refractivity contribution in [3.05, 3.63) is 30.1 Å². The number of aryl methyl sites for hydroxylation is 2. The van der Waals surface area contributed by atoms with Crippen molar-refractivity contribution >= 4 is 0 Å². The van der Waals surface area contributed by atoms with Crippen LogP contribution in [0.25, 0.3) is 0 Å². The number of aromatic nitrogens is 1. The first kappa shape index (κ1) is 13.2. The van der Waals surface area contributed by atoms with Crippen molar-refractivity contribution in [3.63, 3.8) is 0 Å². The Bertz CT molecular complexity index is 281. The molecule has 1 heterocycles. The second-order valence-corrected chi connectivity index (χ2v) is 4.74. The first-order valence-electron chi connectivity index (χ1n) is 6.78. The molecule has 0 amide bonds. The van der Waals surface area contributed by atoms with Gasteiger partial charge in [0.15, 0.2) is 12.4 Å². The van der Waals surface area contributed by atoms with E-state index in [0.717, 1.165) is 0 Å². The van der Waals surface area contributed by atoms with Crippen molar-refractivity contribution in [1.82, 2.24) is 0 Å². The maximum absolute atomic E-state index is 2.31. The van der Waals surface area contributed by atoms with E-state index in [9.17, 15) is 0 Å². The summed E-state index contributed by atoms with van der Waals surface area (Å²) in [7, 11) is 0. The molecule has 0 spiro atoms. The summed E-state index contributed by atoms with van der Waals surface area (Å²) in [6.07, 6.45) is 14.1. The van der Waals surface area contributed by atoms with Gasteiger partial charge in [0.1, 0.15) is 6.54 Å². The smallest absolute Gasteiger partial charge is 0.171 e. The molecule has 16 heavy (non-hydrogen) atoms. The van der Waals surface area contributed by atoms with Crippen LogP contribution in [-0.2, 0) is 6.54 Å². The minimum absolute atomic E-state index is 1.18. The van der Waals surface area contributed by atoms with Crippen molar-refractivity contribution in [2.75, 3.05) is 0 Å². The summed E-state index contributed by atoms with van der Waals surface area (Å²) in [5.41, 5.74) is 1.35. The monoisotopic (exact) mass is 220 g/mol. The molecule has 0 saturated heterocycles. The Morgan fingerprint density at radius 2 is 1.69 bits per heavy atom. The molecule has 1 rings (SSSR count). The predicted octanol–water partition coefficient (Wildman–Crippen LogP) is 4.03. The first-order chi connectivity index (χ1) is 7.83. The second kappa shape index (κ2) is 8.32. The lowest BCUT2D eigenvalue weighted by Crippen LogP contribution is -2.32. The SMILES string of the molecule is CCCCCCCCC[n+]1cccc(C)c1. The van der Waals surface area contributed by atoms with E-state index in [1.54, 1.807) is 0 Å². The normalized spacial score (nSPS) is 10.6. The fourth-order valence-corrected chi connectivity index (χ4v) is 2.04. The third kappa shape index (κ3) is 5.89. The number of hydrogen-bond acceptors (Lipinski definition) is 0. The van der Waals surface area contributed by atoms with Crippen molar-refractivity contribution in [1.29, 1.82) is 0 Å². The first-order valence-corrected chi connectivity index (χ1v) is 6.78. The molecule has 0 aliphatic carbocycles. The maximum Gasteiger partial charge on any atom is 0.171 e. The topological polar surface area (TPSA) is 3.88 Å². The van der Waals surface area contributed by atoms with Gasteiger partial charge in [-0.25, -0.2) is 4.57 Å². The van der Waals surface area contributed by atoms with Crippen LogP contribution in [0.4, 0.5) is 0 Å². The van der Waals surface area contributed by atoms with Crippen LogP contribution < -0.4 is 4.57 Å². The van der Waals surface area contributed by atoms with Crippen molar-refractivity contribution in [2.24, 2.45) is 0 Å². The van der Waals surface area contributed by atoms with E-state index in [1.807, 2.05) is 0 Å². The summed E-state index contributed by atoms with van der Waals surface area (Å²) in [6, 6.07) is 4.29. The maximum atomic E-state index is 2.31. The number of nitrogens with zero attached hydrogens (tertiary/aromatic N) is 1. The van der Waals surface area contributed by atoms with Gasteiger partial charge in [-0.15, -0.1) is 0 Å². The lowest BCUT2D eigenvalue weighted by molar-refractivity contribution is -0.697. The highest BCUT2D eigenvalue weighted by Crippen LogP contribution is 2.06. The Labute approximate surface area is 101 Å². The molecule has 0 aromatic carbocycles. The summed E-state index contributed by atoms with van der Waals surface area (Å²) in [5, 5.41) is 0. The summed E-state index contributed by atoms with van der Waals surface area (Å²) in [6.45, 7) is 5.60. The van der Waals surface area contributed by atoms with Gasteiger partial charge in [-0.3, -0.25) is 0 Å². The van der Waals surface area contributed by atoms with E-state index in [0.29, 0.717) is 0 Å². The molecule has 0 N–H and O–H groups in total. The highest BCUT2D eigenvalue weighted by atomic mass is 14.9. The summed E-state index contributed by atoms with van der Waals surface area (Å²) >= 11 is 0. The molecule has 90 valence electrons. The molecule has 1 heteroatoms. The minimum Gasteiger partial charge on any atom is -0.205 e. The molecule has 1 aromatic heterocycles. The van der Waals surface area contributed by atoms with Crippen LogP contribution in [0.2, 0.25) is 0 Å². The van der Waals surface area contributed by atoms with Crippen LogP contribution in [-0.4, -0.2) is 0 Å². The number of unbranched alkanes of at least 4 members (excludes halogenated alkanes) is 6. The Kier molecular flexibility index (Phi) is 6.87. The van der Waals surface area contributed by atoms with E-state index in [2.05, 4.69) is 42.9 Å². The zero-order valence-corrected chi connectivity index (χ0v) is 10.9. The molecule has 0 aliphatic rings. The molecule has 0 saturated carbocycles. The van der Waals surface area contributed by atoms with Crippen molar-refractivity contribution < 1.29 is 4.57 Å². The third-order valence-corrected chi connectivity index (χ3v) is 3.03. The summed E-state index contributed by atoms with van der Waals surface area (Å²) < 4.78 is 2.31. The molecule has 0 radical (unpaired) electrons. The van der Waals surface area contributed by atoms with Crippen LogP contribution in [0, 0.1) is 6.92 Å². The van der Waals surface area contributed by atoms with Gasteiger partial charge in [0.2, 0.25) is 0 Å². The Morgan fingerprint density at radius 3 is 2.38 bits per heavy atom. The molecule has 0 atom stereocenters. The number of rotatable bonds is 8. The van der Waals surface area contributed by atoms with Gasteiger partial charge in [-0.05, 0) is 19.4 Å². The van der Waals surface area contributed by atoms with E-state index in [-0.39, 0.29) is 0 Å². The minimum atomic E-state index is 1.18. The molecule has 1 aromatic rings. The van der Waals surface area contributed by atoms with E-state index < -0.39 is 0 Å². The van der Waals surface area contributed by atoms with E-state index in [1.165, 1.54) is 57.1 Å². The predicted molar refractivity (Wildman–Crippen MR) is 69.4 cm³/mol. The largest absolute Gasteiger partial charge is 0.205 e. The van der Waals surface area contributed by atoms with Crippen LogP contribution in [0.15, 0.2) is 24.5 Å². The fourth-order valence-electron chi connectivity index (χ4n) is 2.04. The molecule has 1 nitrogen and oxygen atoms in total. The van der Waals surface area contributed by atoms with Gasteiger partial charge in [-0.2, -0.15) is 0 Å². The Hall–Kier alpha value is -0.850. The van der Waals surface area contributed by atoms with Gasteiger partial charge in [0.25, 0.3) is 0 Å². The van der Waals surface area contributed by atoms with Crippen molar-refractivity contribution in [2.45, 2.75) is 65.3 Å². The molecule has 0 fully saturated rings. The molecule has 0 unspecified atom stereocenters. The second-order valence-electron chi connectivity index (χ2n) is 4.74. The standard InChI is InChI=1S/C15H26N/c1-3-4-5-6-7-8-9-12-16-13-10-11-15(2)14-16/h10-11,13-14H,3-9,12H2,1-2H3/q+1. The van der Waals surface area contributed by atoms with Gasteiger partial charge >= 0.3 is 0 Å². The quantitative estimate of drug-likeness (QED) is 0.460. The van der Waals surface area contributed by atoms with Crippen LogP contribution >= 0.6 is 0 Å². The highest BCUT2D eigenvalue weighted by Gasteiger charge is 1.99. The third-order valence-electron chi connectivity index (χ3n) is 3.03. The lowest BCUT2D eigenvalue weighted by atomic mass is 10.1. The molecular weight excluding hydrogens is 194 g/mol. The zero-order valence-electron chi connectivity index (χ0n) is 10.9. The summed E-state index contributed by atoms with van der Waals surface area (Å²) in [5.74, 6) is 0. The highest BCUT2D eigenvalue weighted by molar-refractivity contribution is 5.01. The van der Waals surface area contributed by atoms with Gasteiger partial charge < -0.3 is 0 Å². The Balaban J connectivity index is 2.03. The van der Waals surface area contributed by atoms with E-state index >= 15 is 0 Å². The van der Waals surface area contributed by atoms with Gasteiger partial charge in [-0.1, -0.05) is 39.0 Å². The number of pyridine rings is 1. The molecular formula is C15H26N+. The van der Waals surface area contributed by atoms with Crippen LogP contribution in [0.3, 0.4) is 0 Å². The average molecular weight is 220 g/mol. The van der Waals surface area contributed by atoms with Crippen molar-refractivity contribution in [3.8, 4) is 0 Å². The van der Waals surface area contributed by atoms with Crippen LogP contribution in [0.5, 0.6) is 0 Å². The fraction of sp³-hybridized carbons (Fsp3) is 0.667.